The third-order valence-electron chi connectivity index (χ3n) is 9.80. The van der Waals surface area contributed by atoms with Crippen LogP contribution in [0.15, 0.2) is 48.5 Å². The van der Waals surface area contributed by atoms with E-state index >= 15 is 0 Å². The van der Waals surface area contributed by atoms with Gasteiger partial charge in [-0.2, -0.15) is 0 Å². The van der Waals surface area contributed by atoms with Crippen LogP contribution in [-0.4, -0.2) is 76.3 Å². The summed E-state index contributed by atoms with van der Waals surface area (Å²) in [6.07, 6.45) is 7.97. The molecule has 0 aliphatic rings. The van der Waals surface area contributed by atoms with Crippen LogP contribution in [0.1, 0.15) is 75.0 Å². The minimum absolute atomic E-state index is 0.0516. The molecule has 3 aromatic carbocycles. The number of aromatic amines is 1. The first-order chi connectivity index (χ1) is 33.6. The Bertz CT molecular complexity index is 3580. The number of H-pyrrole nitrogens is 1. The van der Waals surface area contributed by atoms with Crippen LogP contribution in [-0.2, 0) is 11.8 Å². The van der Waals surface area contributed by atoms with Crippen LogP contribution >= 0.6 is 0 Å². The average Bonchev–Trinajstić information content (AvgIpc) is 3.93. The lowest BCUT2D eigenvalue weighted by Gasteiger charge is -2.19. The van der Waals surface area contributed by atoms with E-state index in [1.54, 1.807) is 52.5 Å². The highest BCUT2D eigenvalue weighted by Crippen LogP contribution is 2.35. The fourth-order valence-electron chi connectivity index (χ4n) is 6.64. The molecule has 0 atom stereocenters. The number of anilines is 1. The largest absolute Gasteiger partial charge is 0.469 e. The molecule has 2 N–H and O–H groups in total. The quantitative estimate of drug-likeness (QED) is 0.123. The molecule has 11 nitrogen and oxygen atoms in total. The zero-order valence-electron chi connectivity index (χ0n) is 40.5. The zero-order valence-corrected chi connectivity index (χ0v) is 40.5. The average molecular weight is 916 g/mol. The summed E-state index contributed by atoms with van der Waals surface area (Å²) in [5.41, 5.74) is 8.92. The molecule has 0 saturated heterocycles. The number of nitrogens with zero attached hydrogens (tertiary/aromatic N) is 5. The Hall–Kier alpha value is -10.2. The van der Waals surface area contributed by atoms with E-state index in [1.807, 2.05) is 36.6 Å². The zero-order chi connectivity index (χ0) is 50.6. The van der Waals surface area contributed by atoms with E-state index in [-0.39, 0.29) is 24.0 Å². The smallest absolute Gasteiger partial charge is 0.253 e. The van der Waals surface area contributed by atoms with E-state index < -0.39 is 0 Å². The Labute approximate surface area is 410 Å². The van der Waals surface area contributed by atoms with Crippen LogP contribution in [0, 0.1) is 152 Å². The predicted octanol–water partition coefficient (Wildman–Crippen LogP) is 6.39. The highest BCUT2D eigenvalue weighted by molar-refractivity contribution is 5.99. The van der Waals surface area contributed by atoms with Gasteiger partial charge in [0.1, 0.15) is 6.11 Å². The standard InChI is InChI=1S/C59H45N7O4/c1-12-13-14-15-16-17-18-19-20-21-22-23-24-25-26-27-28-29-30-31-34-69-50-33-32-46(36-47-37-48(57(67)64(8)9)40-49(38-47)58(68)65(10)11)39-51(50)70-42-60-55-44(3)35-43(2)54(45(55)4)56-62-61-53-41-52(59(5,6)7)63-66(53)56/h1,32-33,35,37-41,60,63H,36,42H2,2-11H3. The molecule has 0 saturated carbocycles. The predicted molar refractivity (Wildman–Crippen MR) is 274 cm³/mol. The summed E-state index contributed by atoms with van der Waals surface area (Å²) in [6, 6.07) is 14.8. The van der Waals surface area contributed by atoms with Crippen molar-refractivity contribution < 1.29 is 19.1 Å². The highest BCUT2D eigenvalue weighted by Gasteiger charge is 2.23. The van der Waals surface area contributed by atoms with Crippen LogP contribution in [0.5, 0.6) is 11.5 Å². The number of aryl methyl sites for hydroxylation is 2. The minimum atomic E-state index is -0.219. The summed E-state index contributed by atoms with van der Waals surface area (Å²) in [5.74, 6) is 51.2. The lowest BCUT2D eigenvalue weighted by Crippen LogP contribution is -2.25. The molecule has 0 unspecified atom stereocenters. The van der Waals surface area contributed by atoms with Crippen LogP contribution in [0.25, 0.3) is 17.0 Å². The molecule has 0 fully saturated rings. The van der Waals surface area contributed by atoms with Gasteiger partial charge >= 0.3 is 0 Å². The molecular weight excluding hydrogens is 871 g/mol. The second-order valence-corrected chi connectivity index (χ2v) is 16.5. The summed E-state index contributed by atoms with van der Waals surface area (Å²) < 4.78 is 14.2. The molecule has 5 aromatic rings. The number of ether oxygens (including phenoxy) is 2. The normalized spacial score (nSPS) is 9.21. The van der Waals surface area contributed by atoms with Crippen molar-refractivity contribution in [1.82, 2.24) is 29.6 Å². The van der Waals surface area contributed by atoms with Crippen LogP contribution in [0.2, 0.25) is 0 Å². The molecular formula is C59H45N7O4. The van der Waals surface area contributed by atoms with Gasteiger partial charge in [0, 0.05) is 139 Å². The van der Waals surface area contributed by atoms with Crippen molar-refractivity contribution in [2.45, 2.75) is 53.4 Å². The maximum atomic E-state index is 13.1. The van der Waals surface area contributed by atoms with Gasteiger partial charge in [-0.3, -0.25) is 14.7 Å². The van der Waals surface area contributed by atoms with Crippen LogP contribution < -0.4 is 14.8 Å². The summed E-state index contributed by atoms with van der Waals surface area (Å²) >= 11 is 0. The van der Waals surface area contributed by atoms with Crippen molar-refractivity contribution in [2.24, 2.45) is 0 Å². The molecule has 70 heavy (non-hydrogen) atoms. The molecule has 2 aromatic heterocycles. The highest BCUT2D eigenvalue weighted by atomic mass is 16.5. The third kappa shape index (κ3) is 14.2. The van der Waals surface area contributed by atoms with Gasteiger partial charge in [0.25, 0.3) is 11.8 Å². The van der Waals surface area contributed by atoms with Gasteiger partial charge in [-0.1, -0.05) is 32.9 Å². The lowest BCUT2D eigenvalue weighted by molar-refractivity contribution is 0.0826. The molecule has 0 radical (unpaired) electrons. The monoisotopic (exact) mass is 915 g/mol. The first kappa shape index (κ1) is 50.8. The Morgan fingerprint density at radius 1 is 0.657 bits per heavy atom. The van der Waals surface area contributed by atoms with Crippen LogP contribution in [0.3, 0.4) is 0 Å². The molecule has 0 bridgehead atoms. The van der Waals surface area contributed by atoms with Gasteiger partial charge < -0.3 is 24.6 Å². The van der Waals surface area contributed by atoms with Crippen LogP contribution in [0.4, 0.5) is 5.69 Å². The molecule has 0 aliphatic carbocycles. The van der Waals surface area contributed by atoms with Gasteiger partial charge in [-0.25, -0.2) is 4.52 Å². The fourth-order valence-corrected chi connectivity index (χ4v) is 6.64. The van der Waals surface area contributed by atoms with Gasteiger partial charge in [-0.05, 0) is 133 Å². The molecule has 2 heterocycles. The second-order valence-electron chi connectivity index (χ2n) is 16.5. The molecule has 0 aliphatic heterocycles. The van der Waals surface area contributed by atoms with Gasteiger partial charge in [0.05, 0.1) is 0 Å². The minimum Gasteiger partial charge on any atom is -0.469 e. The maximum Gasteiger partial charge on any atom is 0.253 e. The molecule has 11 heteroatoms. The number of amides is 2. The van der Waals surface area contributed by atoms with Gasteiger partial charge in [0.2, 0.25) is 0 Å². The first-order valence-electron chi connectivity index (χ1n) is 21.3. The maximum absolute atomic E-state index is 13.1. The van der Waals surface area contributed by atoms with Crippen molar-refractivity contribution >= 4 is 23.1 Å². The summed E-state index contributed by atoms with van der Waals surface area (Å²) in [6.45, 7) is 12.6. The topological polar surface area (TPSA) is 117 Å². The fraction of sp³-hybridized carbons (Fsp3) is 0.220. The summed E-state index contributed by atoms with van der Waals surface area (Å²) in [5, 5.41) is 16.0. The third-order valence-corrected chi connectivity index (χ3v) is 9.80. The number of hydrogen-bond donors (Lipinski definition) is 2. The second kappa shape index (κ2) is 24.4. The van der Waals surface area contributed by atoms with E-state index in [9.17, 15) is 9.59 Å². The molecule has 2 amide bonds. The van der Waals surface area contributed by atoms with Crippen molar-refractivity contribution in [2.75, 3.05) is 40.2 Å². The van der Waals surface area contributed by atoms with E-state index in [2.05, 4.69) is 179 Å². The Balaban J connectivity index is 1.37. The number of rotatable bonds is 10. The SMILES string of the molecule is C#CC#CC#CC#CC#CC#CC#CC#CC#CC#CC#COc1ccc(Cc2cc(C(=O)N(C)C)cc(C(=O)N(C)C)c2)cc1OCNc1c(C)cc(C)c(-c2nnc3cc(C(C)(C)C)[nH]n23)c1C. The van der Waals surface area contributed by atoms with E-state index in [0.717, 1.165) is 50.4 Å². The van der Waals surface area contributed by atoms with Crippen molar-refractivity contribution in [3.63, 3.8) is 0 Å². The number of terminal acetylenes is 1. The summed E-state index contributed by atoms with van der Waals surface area (Å²) in [4.78, 5) is 29.1. The van der Waals surface area contributed by atoms with E-state index in [4.69, 9.17) is 15.9 Å². The van der Waals surface area contributed by atoms with Crippen molar-refractivity contribution in [3.05, 3.63) is 93.2 Å². The first-order valence-corrected chi connectivity index (χ1v) is 21.3. The number of fused-ring (bicyclic) bond motifs is 1. The van der Waals surface area contributed by atoms with Gasteiger partial charge in [-0.15, -0.1) is 16.6 Å². The van der Waals surface area contributed by atoms with E-state index in [0.29, 0.717) is 34.9 Å². The molecule has 0 spiro atoms. The Morgan fingerprint density at radius 3 is 1.70 bits per heavy atom. The van der Waals surface area contributed by atoms with E-state index in [1.165, 1.54) is 9.80 Å². The number of carbonyl (C=O) groups is 2. The van der Waals surface area contributed by atoms with Gasteiger partial charge in [0.15, 0.2) is 29.7 Å². The lowest BCUT2D eigenvalue weighted by atomic mass is 9.93. The number of hydrogen-bond acceptors (Lipinski definition) is 7. The molecule has 340 valence electrons. The Kier molecular flexibility index (Phi) is 17.7. The number of carbonyl (C=O) groups excluding carboxylic acids is 2. The number of aromatic nitrogens is 4. The van der Waals surface area contributed by atoms with Crippen molar-refractivity contribution in [3.8, 4) is 154 Å². The Morgan fingerprint density at radius 2 is 1.19 bits per heavy atom. The molecule has 5 rings (SSSR count). The summed E-state index contributed by atoms with van der Waals surface area (Å²) in [7, 11) is 6.68. The number of benzene rings is 3. The van der Waals surface area contributed by atoms with Crippen molar-refractivity contribution in [1.29, 1.82) is 0 Å². The number of nitrogens with one attached hydrogen (secondary N) is 2.